The van der Waals surface area contributed by atoms with Gasteiger partial charge in [0.05, 0.1) is 19.4 Å². The third-order valence-electron chi connectivity index (χ3n) is 8.37. The van der Waals surface area contributed by atoms with E-state index in [0.717, 1.165) is 5.57 Å². The number of hydrogen-bond acceptors (Lipinski definition) is 11. The number of carbonyl (C=O) groups excluding carboxylic acids is 3. The molecule has 1 aromatic carbocycles. The van der Waals surface area contributed by atoms with Crippen molar-refractivity contribution in [1.29, 1.82) is 0 Å². The molecule has 220 valence electrons. The minimum absolute atomic E-state index is 0.0481. The van der Waals surface area contributed by atoms with Crippen LogP contribution in [0.15, 0.2) is 58.9 Å². The highest BCUT2D eigenvalue weighted by Gasteiger charge is 2.53. The van der Waals surface area contributed by atoms with Crippen LogP contribution in [0, 0.1) is 11.8 Å². The molecule has 11 heteroatoms. The number of ether oxygens (including phenoxy) is 5. The fourth-order valence-electron chi connectivity index (χ4n) is 6.00. The summed E-state index contributed by atoms with van der Waals surface area (Å²) in [5, 5.41) is 31.7. The molecule has 11 nitrogen and oxygen atoms in total. The van der Waals surface area contributed by atoms with Crippen LogP contribution in [0.4, 0.5) is 0 Å². The first-order valence-electron chi connectivity index (χ1n) is 13.5. The second kappa shape index (κ2) is 11.4. The maximum absolute atomic E-state index is 13.6. The number of Topliss-reactive ketones (excluding diaryl/α,β-unsaturated/α-hetero) is 1. The van der Waals surface area contributed by atoms with Crippen LogP contribution in [0.25, 0.3) is 0 Å². The van der Waals surface area contributed by atoms with Crippen molar-refractivity contribution in [3.05, 3.63) is 64.5 Å². The zero-order chi connectivity index (χ0) is 29.6. The van der Waals surface area contributed by atoms with E-state index in [9.17, 15) is 29.7 Å². The molecule has 0 aromatic heterocycles. The SMILES string of the molecule is C=C1C(=O)O[C@@H]2[C@H]3C(C)=C(O[C@@H]4O[C@H](COC(=O)Cc5ccc(OC)cc5)[C@@H](O)[C@H](O)[C@H]4O)C(=O)C3=C(C)CC[C@@H]12. The van der Waals surface area contributed by atoms with Gasteiger partial charge < -0.3 is 39.0 Å². The van der Waals surface area contributed by atoms with Crippen molar-refractivity contribution in [3.63, 3.8) is 0 Å². The average molecular weight is 571 g/mol. The molecule has 0 unspecified atom stereocenters. The molecule has 5 rings (SSSR count). The van der Waals surface area contributed by atoms with Crippen molar-refractivity contribution in [3.8, 4) is 5.75 Å². The number of ketones is 1. The minimum Gasteiger partial charge on any atom is -0.497 e. The van der Waals surface area contributed by atoms with Crippen molar-refractivity contribution in [1.82, 2.24) is 0 Å². The van der Waals surface area contributed by atoms with E-state index in [4.69, 9.17) is 23.7 Å². The molecule has 0 amide bonds. The standard InChI is InChI=1S/C30H34O11/c1-13-5-10-18-14(2)29(36)40-28(18)22-15(3)27(24(33)21(13)22)41-30-26(35)25(34)23(32)19(39-30)12-38-20(31)11-16-6-8-17(37-4)9-7-16/h6-9,18-19,22-23,25-26,28,30,32,34-35H,2,5,10-12H2,1,3-4H3/t18-,19+,22-,23+,25-,26+,28-,30-/m0/s1. The first-order valence-corrected chi connectivity index (χ1v) is 13.5. The first kappa shape index (κ1) is 29.0. The summed E-state index contributed by atoms with van der Waals surface area (Å²) in [6, 6.07) is 6.84. The van der Waals surface area contributed by atoms with Crippen molar-refractivity contribution >= 4 is 17.7 Å². The van der Waals surface area contributed by atoms with Gasteiger partial charge in [0.15, 0.2) is 5.76 Å². The third-order valence-corrected chi connectivity index (χ3v) is 8.37. The van der Waals surface area contributed by atoms with E-state index >= 15 is 0 Å². The molecular weight excluding hydrogens is 536 g/mol. The van der Waals surface area contributed by atoms with E-state index in [1.54, 1.807) is 31.2 Å². The lowest BCUT2D eigenvalue weighted by Gasteiger charge is -2.40. The van der Waals surface area contributed by atoms with Gasteiger partial charge in [-0.1, -0.05) is 24.3 Å². The molecule has 41 heavy (non-hydrogen) atoms. The van der Waals surface area contributed by atoms with Gasteiger partial charge in [-0.2, -0.15) is 0 Å². The quantitative estimate of drug-likeness (QED) is 0.320. The molecule has 3 N–H and O–H groups in total. The molecular formula is C30H34O11. The number of rotatable bonds is 7. The van der Waals surface area contributed by atoms with Gasteiger partial charge in [-0.3, -0.25) is 9.59 Å². The highest BCUT2D eigenvalue weighted by molar-refractivity contribution is 6.12. The number of aliphatic hydroxyl groups excluding tert-OH is 3. The van der Waals surface area contributed by atoms with Crippen LogP contribution in [0.5, 0.6) is 5.75 Å². The van der Waals surface area contributed by atoms with Crippen molar-refractivity contribution in [2.75, 3.05) is 13.7 Å². The average Bonchev–Trinajstić information content (AvgIpc) is 3.31. The summed E-state index contributed by atoms with van der Waals surface area (Å²) >= 11 is 0. The molecule has 2 heterocycles. The summed E-state index contributed by atoms with van der Waals surface area (Å²) in [4.78, 5) is 38.3. The number of methoxy groups -OCH3 is 1. The monoisotopic (exact) mass is 570 g/mol. The van der Waals surface area contributed by atoms with Crippen LogP contribution in [-0.4, -0.2) is 83.6 Å². The number of esters is 2. The van der Waals surface area contributed by atoms with Crippen molar-refractivity contribution in [2.45, 2.75) is 69.9 Å². The van der Waals surface area contributed by atoms with E-state index < -0.39 is 67.1 Å². The number of aliphatic hydroxyl groups is 3. The van der Waals surface area contributed by atoms with E-state index in [1.165, 1.54) is 7.11 Å². The smallest absolute Gasteiger partial charge is 0.334 e. The van der Waals surface area contributed by atoms with Crippen LogP contribution in [0.2, 0.25) is 0 Å². The Morgan fingerprint density at radius 2 is 1.78 bits per heavy atom. The second-order valence-corrected chi connectivity index (χ2v) is 10.9. The third kappa shape index (κ3) is 5.30. The molecule has 0 radical (unpaired) electrons. The molecule has 2 aliphatic heterocycles. The van der Waals surface area contributed by atoms with E-state index in [2.05, 4.69) is 6.58 Å². The molecule has 4 aliphatic rings. The van der Waals surface area contributed by atoms with Crippen LogP contribution in [-0.2, 0) is 39.8 Å². The first-order chi connectivity index (χ1) is 19.5. The van der Waals surface area contributed by atoms with Crippen LogP contribution < -0.4 is 4.74 Å². The summed E-state index contributed by atoms with van der Waals surface area (Å²) in [6.07, 6.45) is -7.24. The Balaban J connectivity index is 1.29. The fraction of sp³-hybridized carbons (Fsp3) is 0.500. The topological polar surface area (TPSA) is 158 Å². The molecule has 0 bridgehead atoms. The maximum Gasteiger partial charge on any atom is 0.334 e. The summed E-state index contributed by atoms with van der Waals surface area (Å²) in [5.74, 6) is -1.73. The van der Waals surface area contributed by atoms with Crippen molar-refractivity contribution < 1.29 is 53.4 Å². The highest BCUT2D eigenvalue weighted by atomic mass is 16.7. The van der Waals surface area contributed by atoms with Crippen molar-refractivity contribution in [2.24, 2.45) is 11.8 Å². The number of hydrogen-bond donors (Lipinski definition) is 3. The predicted octanol–water partition coefficient (Wildman–Crippen LogP) is 1.29. The zero-order valence-corrected chi connectivity index (χ0v) is 23.1. The zero-order valence-electron chi connectivity index (χ0n) is 23.1. The largest absolute Gasteiger partial charge is 0.497 e. The van der Waals surface area contributed by atoms with Gasteiger partial charge in [0.1, 0.15) is 42.9 Å². The Kier molecular flexibility index (Phi) is 8.06. The van der Waals surface area contributed by atoms with E-state index in [-0.39, 0.29) is 18.1 Å². The summed E-state index contributed by atoms with van der Waals surface area (Å²) < 4.78 is 27.6. The Bertz CT molecular complexity index is 1310. The van der Waals surface area contributed by atoms with Gasteiger partial charge in [0, 0.05) is 17.1 Å². The Morgan fingerprint density at radius 1 is 1.07 bits per heavy atom. The fourth-order valence-corrected chi connectivity index (χ4v) is 6.00. The summed E-state index contributed by atoms with van der Waals surface area (Å²) in [5.41, 5.74) is 2.88. The molecule has 1 aromatic rings. The summed E-state index contributed by atoms with van der Waals surface area (Å²) in [7, 11) is 1.53. The predicted molar refractivity (Wildman–Crippen MR) is 141 cm³/mol. The molecule has 2 aliphatic carbocycles. The molecule has 0 saturated carbocycles. The minimum atomic E-state index is -1.71. The molecule has 2 fully saturated rings. The van der Waals surface area contributed by atoms with E-state index in [0.29, 0.717) is 40.9 Å². The van der Waals surface area contributed by atoms with Crippen LogP contribution >= 0.6 is 0 Å². The number of benzene rings is 1. The molecule has 2 saturated heterocycles. The maximum atomic E-state index is 13.6. The number of carbonyl (C=O) groups is 3. The van der Waals surface area contributed by atoms with Gasteiger partial charge in [-0.25, -0.2) is 4.79 Å². The lowest BCUT2D eigenvalue weighted by Crippen LogP contribution is -2.59. The molecule has 8 atom stereocenters. The number of allylic oxidation sites excluding steroid dienone is 2. The number of fused-ring (bicyclic) bond motifs is 3. The van der Waals surface area contributed by atoms with Crippen LogP contribution in [0.1, 0.15) is 32.3 Å². The van der Waals surface area contributed by atoms with Gasteiger partial charge in [-0.15, -0.1) is 0 Å². The normalized spacial score (nSPS) is 33.3. The van der Waals surface area contributed by atoms with Gasteiger partial charge in [0.25, 0.3) is 0 Å². The van der Waals surface area contributed by atoms with Gasteiger partial charge >= 0.3 is 11.9 Å². The molecule has 0 spiro atoms. The Hall–Kier alpha value is -3.51. The second-order valence-electron chi connectivity index (χ2n) is 10.9. The lowest BCUT2D eigenvalue weighted by atomic mass is 9.83. The Morgan fingerprint density at radius 3 is 2.46 bits per heavy atom. The lowest BCUT2D eigenvalue weighted by molar-refractivity contribution is -0.291. The Labute approximate surface area is 237 Å². The van der Waals surface area contributed by atoms with Crippen LogP contribution in [0.3, 0.4) is 0 Å². The highest BCUT2D eigenvalue weighted by Crippen LogP contribution is 2.49. The van der Waals surface area contributed by atoms with Gasteiger partial charge in [-0.05, 0) is 50.0 Å². The van der Waals surface area contributed by atoms with E-state index in [1.807, 2.05) is 6.92 Å². The summed E-state index contributed by atoms with van der Waals surface area (Å²) in [6.45, 7) is 6.99. The van der Waals surface area contributed by atoms with Gasteiger partial charge in [0.2, 0.25) is 12.1 Å².